The lowest BCUT2D eigenvalue weighted by atomic mass is 9.99. The molecule has 0 aromatic carbocycles. The Bertz CT molecular complexity index is 581. The van der Waals surface area contributed by atoms with Crippen molar-refractivity contribution in [1.82, 2.24) is 9.88 Å². The second kappa shape index (κ2) is 7.57. The maximum Gasteiger partial charge on any atom is 0.257 e. The fourth-order valence-electron chi connectivity index (χ4n) is 3.51. The maximum atomic E-state index is 13.8. The van der Waals surface area contributed by atoms with Crippen molar-refractivity contribution in [3.8, 4) is 0 Å². The Kier molecular flexibility index (Phi) is 5.46. The third-order valence-corrected chi connectivity index (χ3v) is 4.65. The van der Waals surface area contributed by atoms with Gasteiger partial charge in [0.1, 0.15) is 0 Å². The van der Waals surface area contributed by atoms with Crippen molar-refractivity contribution in [3.05, 3.63) is 29.8 Å². The topological polar surface area (TPSA) is 51.7 Å². The normalized spacial score (nSPS) is 26.7. The van der Waals surface area contributed by atoms with E-state index in [1.54, 1.807) is 4.90 Å². The Hall–Kier alpha value is -1.53. The number of pyridine rings is 1. The molecule has 1 aromatic rings. The van der Waals surface area contributed by atoms with Gasteiger partial charge in [-0.25, -0.2) is 4.39 Å². The Balaban J connectivity index is 1.58. The van der Waals surface area contributed by atoms with Crippen LogP contribution in [-0.4, -0.2) is 53.8 Å². The Morgan fingerprint density at radius 1 is 1.46 bits per heavy atom. The predicted molar refractivity (Wildman–Crippen MR) is 87.2 cm³/mol. The number of hydrogen-bond acceptors (Lipinski definition) is 4. The number of aromatic nitrogens is 1. The lowest BCUT2D eigenvalue weighted by molar-refractivity contribution is -0.0985. The van der Waals surface area contributed by atoms with Crippen LogP contribution in [0.25, 0.3) is 0 Å². The molecule has 0 unspecified atom stereocenters. The molecule has 3 atom stereocenters. The summed E-state index contributed by atoms with van der Waals surface area (Å²) in [5.74, 6) is -0.320. The van der Waals surface area contributed by atoms with Crippen LogP contribution in [0.1, 0.15) is 43.5 Å². The van der Waals surface area contributed by atoms with Crippen LogP contribution in [0.3, 0.4) is 0 Å². The summed E-state index contributed by atoms with van der Waals surface area (Å²) < 4.78 is 25.6. The fraction of sp³-hybridized carbons (Fsp3) is 0.667. The lowest BCUT2D eigenvalue weighted by Crippen LogP contribution is -2.46. The summed E-state index contributed by atoms with van der Waals surface area (Å²) in [6, 6.07) is 1.48. The molecule has 2 saturated heterocycles. The minimum Gasteiger partial charge on any atom is -0.378 e. The van der Waals surface area contributed by atoms with Crippen LogP contribution in [0.2, 0.25) is 0 Å². The van der Waals surface area contributed by atoms with E-state index in [1.807, 2.05) is 0 Å². The van der Waals surface area contributed by atoms with E-state index in [1.165, 1.54) is 12.3 Å². The summed E-state index contributed by atoms with van der Waals surface area (Å²) in [4.78, 5) is 18.1. The first-order chi connectivity index (χ1) is 11.6. The minimum atomic E-state index is -0.567. The zero-order valence-electron chi connectivity index (χ0n) is 14.3. The van der Waals surface area contributed by atoms with Crippen molar-refractivity contribution < 1.29 is 18.7 Å². The monoisotopic (exact) mass is 336 g/mol. The average Bonchev–Trinajstić information content (AvgIpc) is 2.97. The molecule has 2 aliphatic heterocycles. The summed E-state index contributed by atoms with van der Waals surface area (Å²) in [5.41, 5.74) is 0.0908. The molecule has 3 heterocycles. The number of fused-ring (bicyclic) bond motifs is 1. The third-order valence-electron chi connectivity index (χ3n) is 4.65. The largest absolute Gasteiger partial charge is 0.378 e. The van der Waals surface area contributed by atoms with Gasteiger partial charge in [-0.1, -0.05) is 13.8 Å². The molecule has 0 aliphatic carbocycles. The van der Waals surface area contributed by atoms with E-state index in [4.69, 9.17) is 9.47 Å². The van der Waals surface area contributed by atoms with Crippen LogP contribution in [0, 0.1) is 11.7 Å². The van der Waals surface area contributed by atoms with Gasteiger partial charge in [0.2, 0.25) is 0 Å². The quantitative estimate of drug-likeness (QED) is 0.829. The second-order valence-corrected chi connectivity index (χ2v) is 7.02. The van der Waals surface area contributed by atoms with E-state index < -0.39 is 5.82 Å². The maximum absolute atomic E-state index is 13.8. The highest BCUT2D eigenvalue weighted by Gasteiger charge is 2.42. The van der Waals surface area contributed by atoms with Crippen LogP contribution in [0.5, 0.6) is 0 Å². The van der Waals surface area contributed by atoms with Crippen molar-refractivity contribution >= 4 is 5.91 Å². The molecule has 5 nitrogen and oxygen atoms in total. The molecule has 132 valence electrons. The van der Waals surface area contributed by atoms with Crippen LogP contribution >= 0.6 is 0 Å². The smallest absolute Gasteiger partial charge is 0.257 e. The highest BCUT2D eigenvalue weighted by atomic mass is 19.1. The van der Waals surface area contributed by atoms with Gasteiger partial charge in [-0.05, 0) is 31.2 Å². The molecule has 24 heavy (non-hydrogen) atoms. The van der Waals surface area contributed by atoms with E-state index in [-0.39, 0.29) is 29.7 Å². The van der Waals surface area contributed by atoms with Gasteiger partial charge in [-0.3, -0.25) is 9.78 Å². The van der Waals surface area contributed by atoms with Crippen molar-refractivity contribution in [2.24, 2.45) is 5.92 Å². The number of hydrogen-bond donors (Lipinski definition) is 0. The Morgan fingerprint density at radius 2 is 2.29 bits per heavy atom. The molecule has 6 heteroatoms. The first kappa shape index (κ1) is 17.3. The van der Waals surface area contributed by atoms with Crippen molar-refractivity contribution in [2.45, 2.75) is 51.4 Å². The molecule has 2 aliphatic rings. The first-order valence-electron chi connectivity index (χ1n) is 8.70. The van der Waals surface area contributed by atoms with Gasteiger partial charge in [0, 0.05) is 19.3 Å². The van der Waals surface area contributed by atoms with Crippen LogP contribution in [0.4, 0.5) is 4.39 Å². The van der Waals surface area contributed by atoms with E-state index in [0.717, 1.165) is 32.1 Å². The van der Waals surface area contributed by atoms with E-state index in [9.17, 15) is 9.18 Å². The van der Waals surface area contributed by atoms with Crippen molar-refractivity contribution in [2.75, 3.05) is 19.8 Å². The number of ether oxygens (including phenoxy) is 2. The summed E-state index contributed by atoms with van der Waals surface area (Å²) in [7, 11) is 0. The summed E-state index contributed by atoms with van der Waals surface area (Å²) in [6.45, 7) is 6.19. The molecule has 3 rings (SSSR count). The van der Waals surface area contributed by atoms with Gasteiger partial charge in [-0.15, -0.1) is 0 Å². The number of amides is 1. The molecule has 0 spiro atoms. The van der Waals surface area contributed by atoms with Crippen molar-refractivity contribution in [1.29, 1.82) is 0 Å². The van der Waals surface area contributed by atoms with Crippen LogP contribution in [-0.2, 0) is 9.47 Å². The molecule has 0 bridgehead atoms. The Labute approximate surface area is 142 Å². The zero-order valence-corrected chi connectivity index (χ0v) is 14.3. The first-order valence-corrected chi connectivity index (χ1v) is 8.70. The highest BCUT2D eigenvalue weighted by Crippen LogP contribution is 2.32. The van der Waals surface area contributed by atoms with E-state index in [2.05, 4.69) is 18.8 Å². The average molecular weight is 336 g/mol. The molecule has 1 aromatic heterocycles. The minimum absolute atomic E-state index is 0.0280. The number of likely N-dealkylation sites (tertiary alicyclic amines) is 1. The van der Waals surface area contributed by atoms with E-state index in [0.29, 0.717) is 19.1 Å². The van der Waals surface area contributed by atoms with Gasteiger partial charge in [-0.2, -0.15) is 0 Å². The van der Waals surface area contributed by atoms with Gasteiger partial charge in [0.25, 0.3) is 5.91 Å². The lowest BCUT2D eigenvalue weighted by Gasteiger charge is -2.36. The molecule has 0 saturated carbocycles. The fourth-order valence-corrected chi connectivity index (χ4v) is 3.51. The molecular formula is C18H25FN2O3. The molecule has 1 amide bonds. The predicted octanol–water partition coefficient (Wildman–Crippen LogP) is 2.66. The third kappa shape index (κ3) is 3.75. The summed E-state index contributed by atoms with van der Waals surface area (Å²) in [6.07, 6.45) is 5.19. The molecule has 0 N–H and O–H groups in total. The number of nitrogens with zero attached hydrogens (tertiary/aromatic N) is 2. The van der Waals surface area contributed by atoms with Gasteiger partial charge in [0.05, 0.1) is 36.6 Å². The van der Waals surface area contributed by atoms with E-state index >= 15 is 0 Å². The second-order valence-electron chi connectivity index (χ2n) is 7.02. The Morgan fingerprint density at radius 3 is 3.04 bits per heavy atom. The standard InChI is InChI=1S/C18H25FN2O3/c1-12(2)10-23-11-13-3-4-16-17(24-13)6-8-21(16)18(22)14-5-7-20-9-15(14)19/h5,7,9,12-13,16-17H,3-4,6,8,10-11H2,1-2H3/t13-,16+,17+/m1/s1. The number of carbonyl (C=O) groups excluding carboxylic acids is 1. The summed E-state index contributed by atoms with van der Waals surface area (Å²) >= 11 is 0. The number of rotatable bonds is 5. The van der Waals surface area contributed by atoms with Crippen LogP contribution in [0.15, 0.2) is 18.5 Å². The van der Waals surface area contributed by atoms with Crippen molar-refractivity contribution in [3.63, 3.8) is 0 Å². The number of carbonyl (C=O) groups is 1. The van der Waals surface area contributed by atoms with Gasteiger partial charge in [0.15, 0.2) is 5.82 Å². The molecule has 0 radical (unpaired) electrons. The number of halogens is 1. The SMILES string of the molecule is CC(C)COC[C@H]1CC[C@H]2[C@H](CCN2C(=O)c2ccncc2F)O1. The highest BCUT2D eigenvalue weighted by molar-refractivity contribution is 5.94. The van der Waals surface area contributed by atoms with Gasteiger partial charge < -0.3 is 14.4 Å². The zero-order chi connectivity index (χ0) is 17.1. The molecule has 2 fully saturated rings. The molecular weight excluding hydrogens is 311 g/mol. The van der Waals surface area contributed by atoms with Gasteiger partial charge >= 0.3 is 0 Å². The summed E-state index contributed by atoms with van der Waals surface area (Å²) in [5, 5.41) is 0. The van der Waals surface area contributed by atoms with Crippen LogP contribution < -0.4 is 0 Å².